The zero-order chi connectivity index (χ0) is 9.47. The Kier molecular flexibility index (Phi) is 1.47. The number of sulfonamides is 1. The number of hydrogen-bond acceptors (Lipinski definition) is 7. The van der Waals surface area contributed by atoms with E-state index >= 15 is 0 Å². The van der Waals surface area contributed by atoms with Crippen molar-refractivity contribution in [2.75, 3.05) is 0 Å². The number of fused-ring (bicyclic) bond motifs is 1. The normalized spacial score (nSPS) is 12.1. The Morgan fingerprint density at radius 1 is 1.23 bits per heavy atom. The summed E-state index contributed by atoms with van der Waals surface area (Å²) in [5.74, 6) is 0. The molecule has 2 heterocycles. The highest BCUT2D eigenvalue weighted by Gasteiger charge is 2.18. The number of aromatic amines is 1. The molecular formula is C3H3N7O2S. The van der Waals surface area contributed by atoms with Crippen molar-refractivity contribution >= 4 is 21.2 Å². The summed E-state index contributed by atoms with van der Waals surface area (Å²) in [6, 6.07) is 0. The maximum absolute atomic E-state index is 10.9. The van der Waals surface area contributed by atoms with Crippen molar-refractivity contribution in [1.82, 2.24) is 30.8 Å². The molecule has 0 radical (unpaired) electrons. The third-order valence-corrected chi connectivity index (χ3v) is 2.09. The average molecular weight is 201 g/mol. The molecule has 0 atom stereocenters. The number of H-pyrrole nitrogens is 1. The molecule has 2 aromatic rings. The van der Waals surface area contributed by atoms with Gasteiger partial charge in [0.2, 0.25) is 10.7 Å². The van der Waals surface area contributed by atoms with Gasteiger partial charge in [-0.15, -0.1) is 15.3 Å². The lowest BCUT2D eigenvalue weighted by atomic mass is 10.6. The van der Waals surface area contributed by atoms with E-state index in [1.807, 2.05) is 0 Å². The van der Waals surface area contributed by atoms with Crippen LogP contribution < -0.4 is 5.14 Å². The molecule has 0 aliphatic carbocycles. The summed E-state index contributed by atoms with van der Waals surface area (Å²) < 4.78 is 21.8. The van der Waals surface area contributed by atoms with Crippen LogP contribution in [0.15, 0.2) is 5.03 Å². The minimum Gasteiger partial charge on any atom is -0.223 e. The van der Waals surface area contributed by atoms with Crippen molar-refractivity contribution in [3.63, 3.8) is 0 Å². The third kappa shape index (κ3) is 1.21. The number of nitrogens with one attached hydrogen (secondary N) is 1. The first-order valence-electron chi connectivity index (χ1n) is 3.01. The van der Waals surface area contributed by atoms with Crippen molar-refractivity contribution in [3.05, 3.63) is 0 Å². The van der Waals surface area contributed by atoms with Gasteiger partial charge in [-0.25, -0.2) is 13.6 Å². The standard InChI is InChI=1S/C3H3N7O2S/c4-13(11,12)3-1-2(6-9-5-1)7-10-8-3/h(H2,4,11,12)(H,5,6,7,8,9). The van der Waals surface area contributed by atoms with Gasteiger partial charge in [0.25, 0.3) is 10.0 Å². The molecule has 0 bridgehead atoms. The monoisotopic (exact) mass is 201 g/mol. The van der Waals surface area contributed by atoms with E-state index < -0.39 is 15.0 Å². The average Bonchev–Trinajstić information content (AvgIpc) is 2.48. The molecule has 2 aromatic heterocycles. The second-order valence-electron chi connectivity index (χ2n) is 2.14. The molecule has 0 aromatic carbocycles. The Morgan fingerprint density at radius 2 is 2.00 bits per heavy atom. The fourth-order valence-corrected chi connectivity index (χ4v) is 1.34. The van der Waals surface area contributed by atoms with Crippen LogP contribution in [0.1, 0.15) is 0 Å². The lowest BCUT2D eigenvalue weighted by molar-refractivity contribution is 0.591. The molecule has 68 valence electrons. The zero-order valence-electron chi connectivity index (χ0n) is 6.04. The number of rotatable bonds is 1. The van der Waals surface area contributed by atoms with Gasteiger partial charge in [-0.3, -0.25) is 0 Å². The highest BCUT2D eigenvalue weighted by atomic mass is 32.2. The van der Waals surface area contributed by atoms with Gasteiger partial charge in [0, 0.05) is 0 Å². The van der Waals surface area contributed by atoms with E-state index in [1.54, 1.807) is 0 Å². The second kappa shape index (κ2) is 2.40. The molecule has 13 heavy (non-hydrogen) atoms. The molecule has 0 amide bonds. The fourth-order valence-electron chi connectivity index (χ4n) is 0.783. The molecular weight excluding hydrogens is 198 g/mol. The zero-order valence-corrected chi connectivity index (χ0v) is 6.85. The molecule has 0 saturated heterocycles. The van der Waals surface area contributed by atoms with Gasteiger partial charge in [-0.2, -0.15) is 10.3 Å². The van der Waals surface area contributed by atoms with E-state index in [9.17, 15) is 8.42 Å². The van der Waals surface area contributed by atoms with Gasteiger partial charge in [0.1, 0.15) is 0 Å². The molecule has 0 aliphatic rings. The summed E-state index contributed by atoms with van der Waals surface area (Å²) in [4.78, 5) is 0. The molecule has 9 nitrogen and oxygen atoms in total. The van der Waals surface area contributed by atoms with Crippen molar-refractivity contribution < 1.29 is 8.42 Å². The van der Waals surface area contributed by atoms with E-state index in [-0.39, 0.29) is 11.2 Å². The molecule has 0 spiro atoms. The SMILES string of the molecule is NS(=O)(=O)c1nnnc2n[nH]nc12. The first-order chi connectivity index (χ1) is 6.09. The van der Waals surface area contributed by atoms with Crippen molar-refractivity contribution in [3.8, 4) is 0 Å². The van der Waals surface area contributed by atoms with E-state index in [1.165, 1.54) is 0 Å². The van der Waals surface area contributed by atoms with Gasteiger partial charge in [-0.05, 0) is 5.21 Å². The molecule has 0 aliphatic heterocycles. The quantitative estimate of drug-likeness (QED) is 0.532. The first kappa shape index (κ1) is 7.94. The van der Waals surface area contributed by atoms with E-state index in [4.69, 9.17) is 5.14 Å². The van der Waals surface area contributed by atoms with Crippen LogP contribution in [-0.4, -0.2) is 39.2 Å². The maximum atomic E-state index is 10.9. The summed E-state index contributed by atoms with van der Waals surface area (Å²) in [6.07, 6.45) is 0. The number of aromatic nitrogens is 6. The van der Waals surface area contributed by atoms with Gasteiger partial charge in [0.05, 0.1) is 0 Å². The molecule has 0 saturated carbocycles. The lowest BCUT2D eigenvalue weighted by Crippen LogP contribution is -2.15. The lowest BCUT2D eigenvalue weighted by Gasteiger charge is -1.92. The van der Waals surface area contributed by atoms with Crippen LogP contribution in [0.3, 0.4) is 0 Å². The van der Waals surface area contributed by atoms with Crippen LogP contribution >= 0.6 is 0 Å². The number of primary sulfonamides is 1. The van der Waals surface area contributed by atoms with Gasteiger partial charge in [-0.1, -0.05) is 0 Å². The predicted octanol–water partition coefficient (Wildman–Crippen LogP) is -2.21. The minimum absolute atomic E-state index is 0.0162. The Bertz CT molecular complexity index is 544. The minimum atomic E-state index is -3.94. The maximum Gasteiger partial charge on any atom is 0.259 e. The Morgan fingerprint density at radius 3 is 2.69 bits per heavy atom. The number of nitrogens with two attached hydrogens (primary N) is 1. The van der Waals surface area contributed by atoms with Crippen LogP contribution in [-0.2, 0) is 10.0 Å². The molecule has 2 rings (SSSR count). The highest BCUT2D eigenvalue weighted by molar-refractivity contribution is 7.89. The first-order valence-corrected chi connectivity index (χ1v) is 4.56. The Labute approximate surface area is 71.4 Å². The molecule has 0 fully saturated rings. The second-order valence-corrected chi connectivity index (χ2v) is 3.61. The largest absolute Gasteiger partial charge is 0.259 e. The summed E-state index contributed by atoms with van der Waals surface area (Å²) in [6.45, 7) is 0. The van der Waals surface area contributed by atoms with Crippen molar-refractivity contribution in [2.45, 2.75) is 5.03 Å². The smallest absolute Gasteiger partial charge is 0.223 e. The number of hydrogen-bond donors (Lipinski definition) is 2. The fraction of sp³-hybridized carbons (Fsp3) is 0. The van der Waals surface area contributed by atoms with Crippen LogP contribution in [0.4, 0.5) is 0 Å². The third-order valence-electron chi connectivity index (χ3n) is 1.28. The van der Waals surface area contributed by atoms with Crippen LogP contribution in [0.25, 0.3) is 11.2 Å². The van der Waals surface area contributed by atoms with Crippen LogP contribution in [0, 0.1) is 0 Å². The molecule has 3 N–H and O–H groups in total. The van der Waals surface area contributed by atoms with Crippen LogP contribution in [0.5, 0.6) is 0 Å². The Hall–Kier alpha value is -1.68. The summed E-state index contributed by atoms with van der Waals surface area (Å²) in [5.41, 5.74) is 0.0384. The van der Waals surface area contributed by atoms with Gasteiger partial charge in [0.15, 0.2) is 5.52 Å². The summed E-state index contributed by atoms with van der Waals surface area (Å²) in [5, 5.41) is 23.5. The van der Waals surface area contributed by atoms with E-state index in [0.717, 1.165) is 0 Å². The van der Waals surface area contributed by atoms with Gasteiger partial charge < -0.3 is 0 Å². The van der Waals surface area contributed by atoms with Gasteiger partial charge >= 0.3 is 0 Å². The molecule has 0 unspecified atom stereocenters. The van der Waals surface area contributed by atoms with Crippen molar-refractivity contribution in [1.29, 1.82) is 0 Å². The van der Waals surface area contributed by atoms with Crippen molar-refractivity contribution in [2.24, 2.45) is 5.14 Å². The summed E-state index contributed by atoms with van der Waals surface area (Å²) >= 11 is 0. The predicted molar refractivity (Wildman–Crippen MR) is 38.6 cm³/mol. The van der Waals surface area contributed by atoms with E-state index in [0.29, 0.717) is 0 Å². The van der Waals surface area contributed by atoms with E-state index in [2.05, 4.69) is 30.8 Å². The number of nitrogens with zero attached hydrogens (tertiary/aromatic N) is 5. The topological polar surface area (TPSA) is 140 Å². The Balaban J connectivity index is 2.91. The highest BCUT2D eigenvalue weighted by Crippen LogP contribution is 2.10. The van der Waals surface area contributed by atoms with Crippen LogP contribution in [0.2, 0.25) is 0 Å². The molecule has 10 heteroatoms. The summed E-state index contributed by atoms with van der Waals surface area (Å²) in [7, 11) is -3.94.